The van der Waals surface area contributed by atoms with Crippen LogP contribution in [0.15, 0.2) is 71.8 Å². The van der Waals surface area contributed by atoms with Gasteiger partial charge in [-0.2, -0.15) is 4.98 Å². The van der Waals surface area contributed by atoms with Crippen molar-refractivity contribution in [2.24, 2.45) is 0 Å². The number of hydrogen-bond donors (Lipinski definition) is 0. The molecule has 2 aromatic heterocycles. The molecule has 7 heteroatoms. The van der Waals surface area contributed by atoms with Crippen molar-refractivity contribution in [2.45, 2.75) is 24.1 Å². The summed E-state index contributed by atoms with van der Waals surface area (Å²) in [5, 5.41) is 2.69. The number of halogens is 1. The predicted molar refractivity (Wildman–Crippen MR) is 136 cm³/mol. The second-order valence-corrected chi connectivity index (χ2v) is 10.4. The first-order valence-electron chi connectivity index (χ1n) is 10.5. The molecule has 162 valence electrons. The first-order chi connectivity index (χ1) is 16.1. The van der Waals surface area contributed by atoms with Crippen LogP contribution in [-0.4, -0.2) is 15.0 Å². The lowest BCUT2D eigenvalue weighted by Crippen LogP contribution is -2.10. The van der Waals surface area contributed by atoms with Gasteiger partial charge >= 0.3 is 0 Å². The van der Waals surface area contributed by atoms with Gasteiger partial charge in [-0.05, 0) is 54.4 Å². The van der Waals surface area contributed by atoms with Crippen LogP contribution >= 0.6 is 34.7 Å². The van der Waals surface area contributed by atoms with Crippen LogP contribution in [0, 0.1) is 6.92 Å². The van der Waals surface area contributed by atoms with Crippen LogP contribution in [0.1, 0.15) is 21.7 Å². The molecule has 3 aromatic carbocycles. The minimum absolute atomic E-state index is 0.628. The first kappa shape index (κ1) is 20.7. The average molecular weight is 488 g/mol. The second-order valence-electron chi connectivity index (χ2n) is 7.85. The van der Waals surface area contributed by atoms with Gasteiger partial charge in [-0.25, -0.2) is 9.97 Å². The Morgan fingerprint density at radius 3 is 2.67 bits per heavy atom. The molecule has 1 aliphatic rings. The number of nitrogens with zero attached hydrogens (tertiary/aromatic N) is 3. The third-order valence-electron chi connectivity index (χ3n) is 5.56. The molecule has 0 saturated heterocycles. The minimum atomic E-state index is 0.628. The van der Waals surface area contributed by atoms with Crippen LogP contribution in [0.3, 0.4) is 0 Å². The first-order valence-corrected chi connectivity index (χ1v) is 12.7. The maximum atomic E-state index is 6.33. The molecule has 0 bridgehead atoms. The Hall–Kier alpha value is -2.93. The van der Waals surface area contributed by atoms with Crippen LogP contribution in [-0.2, 0) is 12.2 Å². The maximum Gasteiger partial charge on any atom is 0.227 e. The number of ether oxygens (including phenoxy) is 1. The Balaban J connectivity index is 1.40. The molecule has 5 aromatic rings. The van der Waals surface area contributed by atoms with Gasteiger partial charge in [-0.3, -0.25) is 0 Å². The van der Waals surface area contributed by atoms with Crippen LogP contribution in [0.2, 0.25) is 5.02 Å². The predicted octanol–water partition coefficient (Wildman–Crippen LogP) is 7.70. The highest BCUT2D eigenvalue weighted by Gasteiger charge is 2.25. The van der Waals surface area contributed by atoms with E-state index in [1.54, 1.807) is 23.1 Å². The van der Waals surface area contributed by atoms with Gasteiger partial charge < -0.3 is 4.74 Å². The van der Waals surface area contributed by atoms with E-state index in [1.807, 2.05) is 36.4 Å². The summed E-state index contributed by atoms with van der Waals surface area (Å²) in [6, 6.07) is 22.1. The monoisotopic (exact) mass is 487 g/mol. The van der Waals surface area contributed by atoms with E-state index in [9.17, 15) is 0 Å². The molecule has 6 rings (SSSR count). The zero-order valence-corrected chi connectivity index (χ0v) is 20.1. The van der Waals surface area contributed by atoms with E-state index in [0.29, 0.717) is 16.7 Å². The number of thiazole rings is 1. The fourth-order valence-electron chi connectivity index (χ4n) is 3.92. The lowest BCUT2D eigenvalue weighted by atomic mass is 10.0. The Labute approximate surface area is 204 Å². The Morgan fingerprint density at radius 1 is 0.970 bits per heavy atom. The highest BCUT2D eigenvalue weighted by molar-refractivity contribution is 7.98. The second kappa shape index (κ2) is 8.45. The van der Waals surface area contributed by atoms with Crippen molar-refractivity contribution >= 4 is 44.9 Å². The normalized spacial score (nSPS) is 12.3. The number of thioether (sulfide) groups is 1. The molecule has 0 N–H and O–H groups in total. The third kappa shape index (κ3) is 3.99. The molecule has 33 heavy (non-hydrogen) atoms. The molecule has 0 fully saturated rings. The standard InChI is InChI=1S/C26H18ClN3OS2/c1-15-5-4-6-17-13-19-25(31-23(15)17)29-24(16-9-11-18(27)12-10-16)30-26(19)32-14-22-28-20-7-2-3-8-21(20)33-22/h2-12H,13-14H2,1H3. The van der Waals surface area contributed by atoms with Crippen LogP contribution < -0.4 is 4.74 Å². The van der Waals surface area contributed by atoms with Crippen LogP contribution in [0.25, 0.3) is 21.6 Å². The van der Waals surface area contributed by atoms with Crippen molar-refractivity contribution < 1.29 is 4.74 Å². The number of benzene rings is 3. The fraction of sp³-hybridized carbons (Fsp3) is 0.115. The van der Waals surface area contributed by atoms with Crippen molar-refractivity contribution in [2.75, 3.05) is 0 Å². The van der Waals surface area contributed by atoms with Gasteiger partial charge in [0.2, 0.25) is 5.88 Å². The lowest BCUT2D eigenvalue weighted by Gasteiger charge is -2.23. The summed E-state index contributed by atoms with van der Waals surface area (Å²) in [7, 11) is 0. The summed E-state index contributed by atoms with van der Waals surface area (Å²) >= 11 is 9.51. The van der Waals surface area contributed by atoms with Crippen molar-refractivity contribution in [3.05, 3.63) is 93.5 Å². The van der Waals surface area contributed by atoms with Gasteiger partial charge in [0.25, 0.3) is 0 Å². The number of fused-ring (bicyclic) bond motifs is 3. The number of aromatic nitrogens is 3. The molecule has 0 spiro atoms. The molecule has 3 heterocycles. The fourth-order valence-corrected chi connectivity index (χ4v) is 6.03. The van der Waals surface area contributed by atoms with Crippen LogP contribution in [0.4, 0.5) is 0 Å². The minimum Gasteiger partial charge on any atom is -0.438 e. The average Bonchev–Trinajstić information content (AvgIpc) is 3.25. The van der Waals surface area contributed by atoms with E-state index in [-0.39, 0.29) is 0 Å². The Bertz CT molecular complexity index is 1460. The van der Waals surface area contributed by atoms with E-state index >= 15 is 0 Å². The molecule has 0 saturated carbocycles. The van der Waals surface area contributed by atoms with Crippen molar-refractivity contribution in [3.63, 3.8) is 0 Å². The molecule has 0 aliphatic carbocycles. The summed E-state index contributed by atoms with van der Waals surface area (Å²) in [4.78, 5) is 14.5. The third-order valence-corrected chi connectivity index (χ3v) is 8.06. The zero-order valence-electron chi connectivity index (χ0n) is 17.7. The van der Waals surface area contributed by atoms with Crippen LogP contribution in [0.5, 0.6) is 11.6 Å². The zero-order chi connectivity index (χ0) is 22.4. The van der Waals surface area contributed by atoms with E-state index in [4.69, 9.17) is 31.3 Å². The smallest absolute Gasteiger partial charge is 0.227 e. The molecule has 4 nitrogen and oxygen atoms in total. The van der Waals surface area contributed by atoms with E-state index in [0.717, 1.165) is 55.7 Å². The molecular weight excluding hydrogens is 470 g/mol. The lowest BCUT2D eigenvalue weighted by molar-refractivity contribution is 0.432. The molecule has 0 amide bonds. The van der Waals surface area contributed by atoms with Gasteiger partial charge in [-0.15, -0.1) is 11.3 Å². The molecular formula is C26H18ClN3OS2. The summed E-state index contributed by atoms with van der Waals surface area (Å²) < 4.78 is 7.53. The molecule has 0 unspecified atom stereocenters. The highest BCUT2D eigenvalue weighted by atomic mass is 35.5. The molecule has 1 aliphatic heterocycles. The number of para-hydroxylation sites is 2. The Kier molecular flexibility index (Phi) is 5.29. The van der Waals surface area contributed by atoms with Gasteiger partial charge in [0.1, 0.15) is 15.8 Å². The van der Waals surface area contributed by atoms with E-state index < -0.39 is 0 Å². The summed E-state index contributed by atoms with van der Waals surface area (Å²) in [6.07, 6.45) is 0.745. The molecule has 0 radical (unpaired) electrons. The topological polar surface area (TPSA) is 47.9 Å². The maximum absolute atomic E-state index is 6.33. The van der Waals surface area contributed by atoms with E-state index in [1.165, 1.54) is 4.70 Å². The Morgan fingerprint density at radius 2 is 1.82 bits per heavy atom. The van der Waals surface area contributed by atoms with E-state index in [2.05, 4.69) is 37.3 Å². The largest absolute Gasteiger partial charge is 0.438 e. The summed E-state index contributed by atoms with van der Waals surface area (Å²) in [5.41, 5.74) is 5.23. The molecule has 0 atom stereocenters. The van der Waals surface area contributed by atoms with Gasteiger partial charge in [0.15, 0.2) is 5.82 Å². The number of hydrogen-bond acceptors (Lipinski definition) is 6. The number of aryl methyl sites for hydroxylation is 1. The summed E-state index contributed by atoms with van der Waals surface area (Å²) in [6.45, 7) is 2.06. The van der Waals surface area contributed by atoms with Crippen molar-refractivity contribution in [1.82, 2.24) is 15.0 Å². The highest BCUT2D eigenvalue weighted by Crippen LogP contribution is 2.42. The van der Waals surface area contributed by atoms with Gasteiger partial charge in [0, 0.05) is 17.0 Å². The van der Waals surface area contributed by atoms with Gasteiger partial charge in [-0.1, -0.05) is 53.7 Å². The number of rotatable bonds is 4. The quantitative estimate of drug-likeness (QED) is 0.188. The van der Waals surface area contributed by atoms with Crippen molar-refractivity contribution in [1.29, 1.82) is 0 Å². The summed E-state index contributed by atoms with van der Waals surface area (Å²) in [5.74, 6) is 2.90. The van der Waals surface area contributed by atoms with Crippen molar-refractivity contribution in [3.8, 4) is 23.0 Å². The van der Waals surface area contributed by atoms with Gasteiger partial charge in [0.05, 0.1) is 21.5 Å². The SMILES string of the molecule is Cc1cccc2c1Oc1nc(-c3ccc(Cl)cc3)nc(SCc3nc4ccccc4s3)c1C2.